The smallest absolute Gasteiger partial charge is 0.327 e. The van der Waals surface area contributed by atoms with Crippen LogP contribution in [0.4, 0.5) is 0 Å². The van der Waals surface area contributed by atoms with E-state index in [0.29, 0.717) is 19.6 Å². The van der Waals surface area contributed by atoms with Crippen LogP contribution >= 0.6 is 0 Å². The van der Waals surface area contributed by atoms with E-state index >= 15 is 0 Å². The number of aliphatic carboxylic acids is 1. The molecule has 1 aliphatic heterocycles. The van der Waals surface area contributed by atoms with Crippen molar-refractivity contribution >= 4 is 11.9 Å². The van der Waals surface area contributed by atoms with Crippen LogP contribution in [0.5, 0.6) is 0 Å². The Labute approximate surface area is 145 Å². The van der Waals surface area contributed by atoms with Crippen LogP contribution in [-0.4, -0.2) is 36.2 Å². The van der Waals surface area contributed by atoms with Gasteiger partial charge in [0.05, 0.1) is 12.5 Å². The summed E-state index contributed by atoms with van der Waals surface area (Å²) < 4.78 is 5.25. The van der Waals surface area contributed by atoms with Crippen molar-refractivity contribution in [1.29, 1.82) is 0 Å². The van der Waals surface area contributed by atoms with Crippen LogP contribution in [0.2, 0.25) is 0 Å². The van der Waals surface area contributed by atoms with E-state index in [0.717, 1.165) is 22.3 Å². The number of rotatable bonds is 4. The molecule has 0 aromatic heterocycles. The minimum absolute atomic E-state index is 0.244. The largest absolute Gasteiger partial charge is 0.480 e. The second-order valence-corrected chi connectivity index (χ2v) is 6.54. The van der Waals surface area contributed by atoms with Crippen molar-refractivity contribution in [1.82, 2.24) is 5.32 Å². The Kier molecular flexibility index (Phi) is 4.01. The van der Waals surface area contributed by atoms with Crippen LogP contribution in [-0.2, 0) is 14.3 Å². The summed E-state index contributed by atoms with van der Waals surface area (Å²) in [5, 5.41) is 12.6. The molecule has 5 nitrogen and oxygen atoms in total. The van der Waals surface area contributed by atoms with Gasteiger partial charge in [-0.25, -0.2) is 4.79 Å². The Morgan fingerprint density at radius 2 is 1.64 bits per heavy atom. The van der Waals surface area contributed by atoms with Gasteiger partial charge in [0.15, 0.2) is 0 Å². The zero-order chi connectivity index (χ0) is 17.4. The van der Waals surface area contributed by atoms with E-state index in [1.54, 1.807) is 0 Å². The minimum Gasteiger partial charge on any atom is -0.480 e. The number of carbonyl (C=O) groups excluding carboxylic acids is 1. The topological polar surface area (TPSA) is 75.6 Å². The van der Waals surface area contributed by atoms with Crippen LogP contribution in [0.1, 0.15) is 23.5 Å². The summed E-state index contributed by atoms with van der Waals surface area (Å²) in [5.74, 6) is -1.93. The summed E-state index contributed by atoms with van der Waals surface area (Å²) in [6.07, 6.45) is 0.635. The first-order valence-electron chi connectivity index (χ1n) is 8.46. The Balaban J connectivity index is 1.72. The van der Waals surface area contributed by atoms with Gasteiger partial charge < -0.3 is 15.2 Å². The van der Waals surface area contributed by atoms with Gasteiger partial charge in [-0.05, 0) is 28.7 Å². The van der Waals surface area contributed by atoms with Gasteiger partial charge in [0.2, 0.25) is 5.91 Å². The molecule has 0 unspecified atom stereocenters. The normalized spacial score (nSPS) is 19.9. The van der Waals surface area contributed by atoms with E-state index in [4.69, 9.17) is 4.74 Å². The molecular weight excluding hydrogens is 318 g/mol. The third kappa shape index (κ3) is 2.70. The molecule has 128 valence electrons. The fraction of sp³-hybridized carbons (Fsp3) is 0.300. The molecule has 1 heterocycles. The molecule has 0 bridgehead atoms. The van der Waals surface area contributed by atoms with Gasteiger partial charge in [-0.1, -0.05) is 48.5 Å². The number of carbonyl (C=O) groups is 2. The van der Waals surface area contributed by atoms with E-state index in [1.807, 2.05) is 48.5 Å². The van der Waals surface area contributed by atoms with Crippen molar-refractivity contribution in [3.8, 4) is 11.1 Å². The molecule has 1 amide bonds. The molecular formula is C20H19NO4. The number of fused-ring (bicyclic) bond motifs is 3. The van der Waals surface area contributed by atoms with Gasteiger partial charge in [0.25, 0.3) is 0 Å². The predicted molar refractivity (Wildman–Crippen MR) is 92.2 cm³/mol. The van der Waals surface area contributed by atoms with Crippen molar-refractivity contribution in [2.24, 2.45) is 5.92 Å². The zero-order valence-corrected chi connectivity index (χ0v) is 13.6. The first kappa shape index (κ1) is 15.8. The van der Waals surface area contributed by atoms with Crippen LogP contribution in [0.15, 0.2) is 48.5 Å². The molecule has 5 heteroatoms. The van der Waals surface area contributed by atoms with Gasteiger partial charge in [0, 0.05) is 12.5 Å². The lowest BCUT2D eigenvalue weighted by atomic mass is 9.89. The Morgan fingerprint density at radius 3 is 2.16 bits per heavy atom. The van der Waals surface area contributed by atoms with Crippen LogP contribution < -0.4 is 5.32 Å². The van der Waals surface area contributed by atoms with Crippen LogP contribution in [0.3, 0.4) is 0 Å². The summed E-state index contributed by atoms with van der Waals surface area (Å²) in [5.41, 5.74) is 3.96. The summed E-state index contributed by atoms with van der Waals surface area (Å²) >= 11 is 0. The zero-order valence-electron chi connectivity index (χ0n) is 13.6. The van der Waals surface area contributed by atoms with Crippen LogP contribution in [0.25, 0.3) is 11.1 Å². The van der Waals surface area contributed by atoms with Crippen LogP contribution in [0, 0.1) is 5.92 Å². The van der Waals surface area contributed by atoms with Crippen molar-refractivity contribution in [3.63, 3.8) is 0 Å². The van der Waals surface area contributed by atoms with E-state index < -0.39 is 17.9 Å². The van der Waals surface area contributed by atoms with Gasteiger partial charge in [-0.2, -0.15) is 0 Å². The monoisotopic (exact) mass is 337 g/mol. The molecule has 2 aromatic rings. The highest BCUT2D eigenvalue weighted by molar-refractivity contribution is 5.89. The molecule has 2 atom stereocenters. The molecule has 1 fully saturated rings. The predicted octanol–water partition coefficient (Wildman–Crippen LogP) is 2.40. The van der Waals surface area contributed by atoms with Crippen molar-refractivity contribution in [2.45, 2.75) is 18.4 Å². The number of carboxylic acids is 1. The van der Waals surface area contributed by atoms with Crippen molar-refractivity contribution < 1.29 is 19.4 Å². The second-order valence-electron chi connectivity index (χ2n) is 6.54. The summed E-state index contributed by atoms with van der Waals surface area (Å²) in [4.78, 5) is 24.5. The number of ether oxygens (including phenoxy) is 1. The summed E-state index contributed by atoms with van der Waals surface area (Å²) in [7, 11) is 0. The Bertz CT molecular complexity index is 780. The van der Waals surface area contributed by atoms with E-state index in [1.165, 1.54) is 0 Å². The standard InChI is InChI=1S/C20H19NO4/c22-19(12-9-10-25-11-12)21-18(20(23)24)17-15-7-3-1-5-13(15)14-6-2-4-8-16(14)17/h1-8,12,17-18H,9-11H2,(H,21,22)(H,23,24)/t12-,18-/m1/s1. The fourth-order valence-electron chi connectivity index (χ4n) is 3.85. The fourth-order valence-corrected chi connectivity index (χ4v) is 3.85. The third-order valence-electron chi connectivity index (χ3n) is 5.08. The lowest BCUT2D eigenvalue weighted by Crippen LogP contribution is -2.47. The molecule has 0 spiro atoms. The van der Waals surface area contributed by atoms with Gasteiger partial charge in [-0.15, -0.1) is 0 Å². The Morgan fingerprint density at radius 1 is 1.04 bits per heavy atom. The molecule has 0 saturated carbocycles. The van der Waals surface area contributed by atoms with E-state index in [9.17, 15) is 14.7 Å². The lowest BCUT2D eigenvalue weighted by molar-refractivity contribution is -0.142. The number of hydrogen-bond acceptors (Lipinski definition) is 3. The Hall–Kier alpha value is -2.66. The number of nitrogens with one attached hydrogen (secondary N) is 1. The second kappa shape index (κ2) is 6.33. The molecule has 2 aromatic carbocycles. The molecule has 25 heavy (non-hydrogen) atoms. The number of carboxylic acid groups (broad SMARTS) is 1. The molecule has 2 aliphatic rings. The SMILES string of the molecule is O=C(N[C@@H](C(=O)O)C1c2ccccc2-c2ccccc21)[C@@H]1CCOC1. The molecule has 0 radical (unpaired) electrons. The summed E-state index contributed by atoms with van der Waals surface area (Å²) in [6, 6.07) is 14.6. The first-order chi connectivity index (χ1) is 12.2. The highest BCUT2D eigenvalue weighted by Gasteiger charge is 2.40. The molecule has 1 saturated heterocycles. The van der Waals surface area contributed by atoms with Crippen molar-refractivity contribution in [2.75, 3.05) is 13.2 Å². The molecule has 4 rings (SSSR count). The number of hydrogen-bond donors (Lipinski definition) is 2. The average molecular weight is 337 g/mol. The van der Waals surface area contributed by atoms with E-state index in [-0.39, 0.29) is 11.8 Å². The van der Waals surface area contributed by atoms with Gasteiger partial charge in [-0.3, -0.25) is 4.79 Å². The molecule has 1 aliphatic carbocycles. The highest BCUT2D eigenvalue weighted by atomic mass is 16.5. The maximum atomic E-state index is 12.5. The number of amides is 1. The first-order valence-corrected chi connectivity index (χ1v) is 8.46. The van der Waals surface area contributed by atoms with Gasteiger partial charge in [0.1, 0.15) is 6.04 Å². The summed E-state index contributed by atoms with van der Waals surface area (Å²) in [6.45, 7) is 0.904. The maximum absolute atomic E-state index is 12.5. The molecule has 2 N–H and O–H groups in total. The number of benzene rings is 2. The maximum Gasteiger partial charge on any atom is 0.327 e. The van der Waals surface area contributed by atoms with Crippen molar-refractivity contribution in [3.05, 3.63) is 59.7 Å². The van der Waals surface area contributed by atoms with E-state index in [2.05, 4.69) is 5.32 Å². The highest BCUT2D eigenvalue weighted by Crippen LogP contribution is 2.46. The minimum atomic E-state index is -1.02. The quantitative estimate of drug-likeness (QED) is 0.898. The van der Waals surface area contributed by atoms with Gasteiger partial charge >= 0.3 is 5.97 Å². The lowest BCUT2D eigenvalue weighted by Gasteiger charge is -2.24. The third-order valence-corrected chi connectivity index (χ3v) is 5.08. The average Bonchev–Trinajstić information content (AvgIpc) is 3.26.